The summed E-state index contributed by atoms with van der Waals surface area (Å²) in [7, 11) is 0. The number of nitrogens with zero attached hydrogens (tertiary/aromatic N) is 2. The van der Waals surface area contributed by atoms with E-state index in [9.17, 15) is 9.59 Å². The Morgan fingerprint density at radius 1 is 0.949 bits per heavy atom. The average molecular weight is 577 g/mol. The Kier molecular flexibility index (Phi) is 7.57. The van der Waals surface area contributed by atoms with Crippen molar-refractivity contribution < 1.29 is 14.3 Å². The van der Waals surface area contributed by atoms with Crippen molar-refractivity contribution in [3.63, 3.8) is 0 Å². The number of thiocarbonyl (C=S) groups is 1. The van der Waals surface area contributed by atoms with E-state index in [1.54, 1.807) is 24.3 Å². The summed E-state index contributed by atoms with van der Waals surface area (Å²) in [5.41, 5.74) is 4.77. The molecule has 1 saturated heterocycles. The van der Waals surface area contributed by atoms with Crippen LogP contribution in [0.2, 0.25) is 10.0 Å². The smallest absolute Gasteiger partial charge is 0.270 e. The van der Waals surface area contributed by atoms with Gasteiger partial charge in [-0.3, -0.25) is 19.8 Å². The fraction of sp³-hybridized carbons (Fsp3) is 0.100. The van der Waals surface area contributed by atoms with Gasteiger partial charge >= 0.3 is 0 Å². The Morgan fingerprint density at radius 2 is 1.67 bits per heavy atom. The molecule has 1 N–H and O–H groups in total. The third-order valence-corrected chi connectivity index (χ3v) is 7.48. The molecule has 196 valence electrons. The van der Waals surface area contributed by atoms with Gasteiger partial charge in [0.25, 0.3) is 11.8 Å². The van der Waals surface area contributed by atoms with Crippen molar-refractivity contribution in [2.24, 2.45) is 0 Å². The molecule has 0 radical (unpaired) electrons. The van der Waals surface area contributed by atoms with E-state index in [0.29, 0.717) is 12.3 Å². The average Bonchev–Trinajstić information content (AvgIpc) is 3.20. The Labute approximate surface area is 241 Å². The fourth-order valence-electron chi connectivity index (χ4n) is 4.46. The first kappa shape index (κ1) is 26.7. The Hall–Kier alpha value is -3.91. The van der Waals surface area contributed by atoms with Gasteiger partial charge in [0.15, 0.2) is 5.11 Å². The lowest BCUT2D eigenvalue weighted by molar-refractivity contribution is -0.122. The molecule has 0 unspecified atom stereocenters. The number of aryl methyl sites for hydroxylation is 1. The minimum atomic E-state index is -0.586. The highest BCUT2D eigenvalue weighted by atomic mass is 35.5. The molecular formula is C30H23Cl2N3O3S. The third-order valence-electron chi connectivity index (χ3n) is 6.39. The molecule has 4 aromatic rings. The molecule has 0 aliphatic carbocycles. The van der Waals surface area contributed by atoms with Gasteiger partial charge in [0.1, 0.15) is 17.9 Å². The number of ether oxygens (including phenoxy) is 1. The molecule has 1 aliphatic rings. The molecule has 6 nitrogen and oxygen atoms in total. The lowest BCUT2D eigenvalue weighted by atomic mass is 10.1. The number of amides is 2. The van der Waals surface area contributed by atoms with E-state index >= 15 is 0 Å². The van der Waals surface area contributed by atoms with Crippen molar-refractivity contribution in [3.8, 4) is 11.4 Å². The van der Waals surface area contributed by atoms with E-state index in [1.807, 2.05) is 74.5 Å². The summed E-state index contributed by atoms with van der Waals surface area (Å²) >= 11 is 17.8. The minimum absolute atomic E-state index is 0.0636. The third kappa shape index (κ3) is 5.34. The van der Waals surface area contributed by atoms with Crippen LogP contribution in [0.1, 0.15) is 22.5 Å². The summed E-state index contributed by atoms with van der Waals surface area (Å²) in [6.45, 7) is 4.38. The van der Waals surface area contributed by atoms with E-state index < -0.39 is 11.8 Å². The molecule has 39 heavy (non-hydrogen) atoms. The van der Waals surface area contributed by atoms with E-state index in [0.717, 1.165) is 34.0 Å². The second-order valence-corrected chi connectivity index (χ2v) is 10.1. The van der Waals surface area contributed by atoms with Crippen LogP contribution in [0.5, 0.6) is 5.75 Å². The molecule has 1 fully saturated rings. The van der Waals surface area contributed by atoms with Gasteiger partial charge in [-0.25, -0.2) is 0 Å². The van der Waals surface area contributed by atoms with Crippen molar-refractivity contribution in [1.82, 2.24) is 9.88 Å². The Balaban J connectivity index is 1.42. The van der Waals surface area contributed by atoms with Gasteiger partial charge in [0.05, 0.1) is 15.7 Å². The predicted octanol–water partition coefficient (Wildman–Crippen LogP) is 6.81. The van der Waals surface area contributed by atoms with E-state index in [2.05, 4.69) is 9.88 Å². The van der Waals surface area contributed by atoms with E-state index in [4.69, 9.17) is 40.2 Å². The summed E-state index contributed by atoms with van der Waals surface area (Å²) in [6.07, 6.45) is 1.57. The zero-order chi connectivity index (χ0) is 27.7. The number of carbonyl (C=O) groups is 2. The van der Waals surface area contributed by atoms with Gasteiger partial charge in [-0.2, -0.15) is 0 Å². The monoisotopic (exact) mass is 575 g/mol. The second-order valence-electron chi connectivity index (χ2n) is 8.96. The molecule has 0 spiro atoms. The number of hydrogen-bond donors (Lipinski definition) is 1. The van der Waals surface area contributed by atoms with Gasteiger partial charge in [0.2, 0.25) is 0 Å². The van der Waals surface area contributed by atoms with Crippen LogP contribution in [-0.2, 0) is 16.2 Å². The predicted molar refractivity (Wildman–Crippen MR) is 159 cm³/mol. The number of aromatic nitrogens is 1. The first-order chi connectivity index (χ1) is 18.7. The number of benzene rings is 3. The molecule has 2 amide bonds. The van der Waals surface area contributed by atoms with Crippen molar-refractivity contribution in [2.75, 3.05) is 4.90 Å². The molecule has 1 aliphatic heterocycles. The zero-order valence-electron chi connectivity index (χ0n) is 21.1. The second kappa shape index (κ2) is 11.1. The standard InChI is InChI=1S/C30H23Cl2N3O3S/c1-18-15-21(16-24-28(36)33-30(39)35(29(24)37)26-10-6-9-25(31)27(26)32)19(2)34(18)22-11-13-23(14-12-22)38-17-20-7-4-3-5-8-20/h3-16H,17H2,1-2H3,(H,33,36,39)/b24-16+. The summed E-state index contributed by atoms with van der Waals surface area (Å²) in [5.74, 6) is -0.408. The van der Waals surface area contributed by atoms with Crippen molar-refractivity contribution in [3.05, 3.63) is 117 Å². The maximum atomic E-state index is 13.5. The number of halogens is 2. The van der Waals surface area contributed by atoms with Crippen LogP contribution < -0.4 is 15.0 Å². The molecular weight excluding hydrogens is 553 g/mol. The van der Waals surface area contributed by atoms with Crippen LogP contribution in [0.15, 0.2) is 84.4 Å². The summed E-state index contributed by atoms with van der Waals surface area (Å²) in [5, 5.41) is 2.96. The molecule has 3 aromatic carbocycles. The van der Waals surface area contributed by atoms with Crippen LogP contribution in [0, 0.1) is 13.8 Å². The number of carbonyl (C=O) groups excluding carboxylic acids is 2. The molecule has 9 heteroatoms. The van der Waals surface area contributed by atoms with Crippen LogP contribution in [0.3, 0.4) is 0 Å². The highest BCUT2D eigenvalue weighted by molar-refractivity contribution is 7.80. The number of rotatable bonds is 6. The minimum Gasteiger partial charge on any atom is -0.489 e. The van der Waals surface area contributed by atoms with Crippen molar-refractivity contribution in [2.45, 2.75) is 20.5 Å². The highest BCUT2D eigenvalue weighted by Gasteiger charge is 2.36. The fourth-order valence-corrected chi connectivity index (χ4v) is 5.11. The molecule has 0 bridgehead atoms. The van der Waals surface area contributed by atoms with E-state index in [1.165, 1.54) is 4.90 Å². The van der Waals surface area contributed by atoms with Gasteiger partial charge in [-0.05, 0) is 85.7 Å². The number of anilines is 1. The van der Waals surface area contributed by atoms with Crippen LogP contribution >= 0.6 is 35.4 Å². The first-order valence-electron chi connectivity index (χ1n) is 12.1. The Morgan fingerprint density at radius 3 is 2.38 bits per heavy atom. The lowest BCUT2D eigenvalue weighted by Crippen LogP contribution is -2.54. The van der Waals surface area contributed by atoms with Gasteiger partial charge in [-0.1, -0.05) is 59.6 Å². The summed E-state index contributed by atoms with van der Waals surface area (Å²) in [4.78, 5) is 27.5. The molecule has 0 atom stereocenters. The number of hydrogen-bond acceptors (Lipinski definition) is 4. The van der Waals surface area contributed by atoms with Crippen LogP contribution in [0.25, 0.3) is 11.8 Å². The lowest BCUT2D eigenvalue weighted by Gasteiger charge is -2.29. The maximum Gasteiger partial charge on any atom is 0.270 e. The molecule has 2 heterocycles. The normalized spacial score (nSPS) is 14.6. The quantitative estimate of drug-likeness (QED) is 0.156. The van der Waals surface area contributed by atoms with Crippen LogP contribution in [-0.4, -0.2) is 21.5 Å². The highest BCUT2D eigenvalue weighted by Crippen LogP contribution is 2.35. The first-order valence-corrected chi connectivity index (χ1v) is 13.2. The Bertz CT molecular complexity index is 1630. The number of nitrogens with one attached hydrogen (secondary N) is 1. The van der Waals surface area contributed by atoms with Crippen molar-refractivity contribution in [1.29, 1.82) is 0 Å². The van der Waals surface area contributed by atoms with Crippen LogP contribution in [0.4, 0.5) is 5.69 Å². The summed E-state index contributed by atoms with van der Waals surface area (Å²) < 4.78 is 7.96. The molecule has 1 aromatic heterocycles. The SMILES string of the molecule is Cc1cc(/C=C2\C(=O)NC(=S)N(c3cccc(Cl)c3Cl)C2=O)c(C)n1-c1ccc(OCc2ccccc2)cc1. The summed E-state index contributed by atoms with van der Waals surface area (Å²) in [6, 6.07) is 24.6. The molecule has 5 rings (SSSR count). The van der Waals surface area contributed by atoms with Gasteiger partial charge in [0, 0.05) is 17.1 Å². The largest absolute Gasteiger partial charge is 0.489 e. The van der Waals surface area contributed by atoms with Gasteiger partial charge in [-0.15, -0.1) is 0 Å². The maximum absolute atomic E-state index is 13.5. The zero-order valence-corrected chi connectivity index (χ0v) is 23.4. The van der Waals surface area contributed by atoms with E-state index in [-0.39, 0.29) is 20.7 Å². The molecule has 0 saturated carbocycles. The van der Waals surface area contributed by atoms with Gasteiger partial charge < -0.3 is 9.30 Å². The van der Waals surface area contributed by atoms with Crippen molar-refractivity contribution >= 4 is 64.1 Å². The topological polar surface area (TPSA) is 63.6 Å².